The van der Waals surface area contributed by atoms with Crippen molar-refractivity contribution in [1.29, 1.82) is 0 Å². The molecule has 3 aromatic rings. The SMILES string of the molecule is CCC1CC(Nc2ncc(C(F)(F)F)cc2Cl)CC2[C@H]1N2C(=O)c1c(F)cccc1-c1ncccn1. The molecule has 2 aromatic heterocycles. The molecule has 3 heterocycles. The zero-order valence-electron chi connectivity index (χ0n) is 19.1. The number of rotatable bonds is 5. The molecule has 0 bridgehead atoms. The Labute approximate surface area is 209 Å². The van der Waals surface area contributed by atoms with E-state index in [2.05, 4.69) is 20.3 Å². The van der Waals surface area contributed by atoms with Crippen LogP contribution in [0.4, 0.5) is 23.4 Å². The van der Waals surface area contributed by atoms with Gasteiger partial charge in [-0.15, -0.1) is 0 Å². The molecule has 4 atom stereocenters. The normalized spacial score (nSPS) is 23.2. The first kappa shape index (κ1) is 24.4. The fourth-order valence-electron chi connectivity index (χ4n) is 5.19. The van der Waals surface area contributed by atoms with Crippen LogP contribution in [0.2, 0.25) is 5.02 Å². The molecule has 0 spiro atoms. The zero-order valence-corrected chi connectivity index (χ0v) is 19.9. The van der Waals surface area contributed by atoms with Crippen LogP contribution in [-0.4, -0.2) is 43.9 Å². The van der Waals surface area contributed by atoms with Crippen molar-refractivity contribution in [2.45, 2.75) is 50.5 Å². The van der Waals surface area contributed by atoms with Crippen LogP contribution in [0.1, 0.15) is 42.1 Å². The number of hydrogen-bond acceptors (Lipinski definition) is 5. The lowest BCUT2D eigenvalue weighted by Gasteiger charge is -2.27. The summed E-state index contributed by atoms with van der Waals surface area (Å²) in [5.74, 6) is -0.507. The van der Waals surface area contributed by atoms with Gasteiger partial charge in [0.05, 0.1) is 28.2 Å². The molecule has 1 aromatic carbocycles. The number of aromatic nitrogens is 3. The monoisotopic (exact) mass is 519 g/mol. The van der Waals surface area contributed by atoms with Crippen molar-refractivity contribution in [2.75, 3.05) is 5.32 Å². The highest BCUT2D eigenvalue weighted by atomic mass is 35.5. The maximum Gasteiger partial charge on any atom is 0.417 e. The van der Waals surface area contributed by atoms with Crippen molar-refractivity contribution < 1.29 is 22.4 Å². The summed E-state index contributed by atoms with van der Waals surface area (Å²) >= 11 is 6.08. The molecule has 2 aliphatic rings. The van der Waals surface area contributed by atoms with Crippen LogP contribution in [-0.2, 0) is 6.18 Å². The number of anilines is 1. The van der Waals surface area contributed by atoms with E-state index in [0.717, 1.165) is 18.7 Å². The number of halogens is 5. The molecule has 1 aliphatic carbocycles. The van der Waals surface area contributed by atoms with Crippen LogP contribution in [0.25, 0.3) is 11.4 Å². The molecular formula is C25H22ClF4N5O. The van der Waals surface area contributed by atoms with Crippen LogP contribution in [0.3, 0.4) is 0 Å². The number of fused-ring (bicyclic) bond motifs is 1. The van der Waals surface area contributed by atoms with E-state index in [1.54, 1.807) is 17.0 Å². The van der Waals surface area contributed by atoms with Crippen molar-refractivity contribution in [3.8, 4) is 11.4 Å². The lowest BCUT2D eigenvalue weighted by atomic mass is 9.84. The quantitative estimate of drug-likeness (QED) is 0.338. The summed E-state index contributed by atoms with van der Waals surface area (Å²) in [7, 11) is 0. The fraction of sp³-hybridized carbons (Fsp3) is 0.360. The van der Waals surface area contributed by atoms with Crippen molar-refractivity contribution in [3.05, 3.63) is 70.9 Å². The van der Waals surface area contributed by atoms with Crippen LogP contribution in [0, 0.1) is 11.7 Å². The summed E-state index contributed by atoms with van der Waals surface area (Å²) in [5.41, 5.74) is -0.659. The average molecular weight is 520 g/mol. The molecule has 2 fully saturated rings. The number of likely N-dealkylation sites (tertiary alicyclic amines) is 1. The van der Waals surface area contributed by atoms with E-state index in [9.17, 15) is 22.4 Å². The molecule has 6 nitrogen and oxygen atoms in total. The number of nitrogens with one attached hydrogen (secondary N) is 1. The van der Waals surface area contributed by atoms with Gasteiger partial charge in [0.25, 0.3) is 5.91 Å². The summed E-state index contributed by atoms with van der Waals surface area (Å²) in [5, 5.41) is 3.03. The molecular weight excluding hydrogens is 498 g/mol. The highest BCUT2D eigenvalue weighted by molar-refractivity contribution is 6.33. The van der Waals surface area contributed by atoms with Crippen molar-refractivity contribution in [3.63, 3.8) is 0 Å². The van der Waals surface area contributed by atoms with Gasteiger partial charge in [0, 0.05) is 30.2 Å². The average Bonchev–Trinajstić information content (AvgIpc) is 3.58. The van der Waals surface area contributed by atoms with Gasteiger partial charge in [-0.25, -0.2) is 19.3 Å². The van der Waals surface area contributed by atoms with Crippen LogP contribution in [0.15, 0.2) is 48.9 Å². The van der Waals surface area contributed by atoms with Gasteiger partial charge >= 0.3 is 6.18 Å². The van der Waals surface area contributed by atoms with Gasteiger partial charge in [0.15, 0.2) is 5.82 Å². The molecule has 188 valence electrons. The first-order chi connectivity index (χ1) is 17.2. The Balaban J connectivity index is 1.37. The molecule has 1 aliphatic heterocycles. The van der Waals surface area contributed by atoms with E-state index in [4.69, 9.17) is 11.6 Å². The van der Waals surface area contributed by atoms with E-state index in [1.807, 2.05) is 6.92 Å². The number of pyridine rings is 1. The minimum atomic E-state index is -4.54. The summed E-state index contributed by atoms with van der Waals surface area (Å²) in [6.45, 7) is 2.01. The summed E-state index contributed by atoms with van der Waals surface area (Å²) in [4.78, 5) is 27.5. The Hall–Kier alpha value is -3.27. The van der Waals surface area contributed by atoms with Gasteiger partial charge < -0.3 is 10.2 Å². The fourth-order valence-corrected chi connectivity index (χ4v) is 5.41. The Morgan fingerprint density at radius 3 is 2.58 bits per heavy atom. The summed E-state index contributed by atoms with van der Waals surface area (Å²) < 4.78 is 53.8. The molecule has 1 amide bonds. The Kier molecular flexibility index (Phi) is 6.32. The second-order valence-corrected chi connectivity index (χ2v) is 9.45. The number of hydrogen-bond donors (Lipinski definition) is 1. The van der Waals surface area contributed by atoms with Crippen molar-refractivity contribution in [1.82, 2.24) is 19.9 Å². The number of benzene rings is 1. The largest absolute Gasteiger partial charge is 0.417 e. The molecule has 1 N–H and O–H groups in total. The van der Waals surface area contributed by atoms with Crippen LogP contribution < -0.4 is 5.32 Å². The second-order valence-electron chi connectivity index (χ2n) is 9.04. The summed E-state index contributed by atoms with van der Waals surface area (Å²) in [6, 6.07) is 6.53. The smallest absolute Gasteiger partial charge is 0.366 e. The molecule has 1 saturated heterocycles. The Morgan fingerprint density at radius 2 is 1.92 bits per heavy atom. The zero-order chi connectivity index (χ0) is 25.6. The van der Waals surface area contributed by atoms with E-state index in [0.29, 0.717) is 18.4 Å². The maximum absolute atomic E-state index is 14.9. The Bertz CT molecular complexity index is 1290. The minimum absolute atomic E-state index is 0.0410. The number of carbonyl (C=O) groups excluding carboxylic acids is 1. The number of carbonyl (C=O) groups is 1. The summed E-state index contributed by atoms with van der Waals surface area (Å²) in [6.07, 6.45) is 1.26. The number of alkyl halides is 3. The predicted molar refractivity (Wildman–Crippen MR) is 126 cm³/mol. The predicted octanol–water partition coefficient (Wildman–Crippen LogP) is 5.84. The van der Waals surface area contributed by atoms with Crippen molar-refractivity contribution >= 4 is 23.3 Å². The standard InChI is InChI=1S/C25H22ClF4N5O/c1-2-13-9-15(34-23-17(26)10-14(12-33-23)25(28,29)30)11-19-21(13)35(19)24(36)20-16(5-3-6-18(20)27)22-31-7-4-8-32-22/h3-8,10,12-13,15,19,21H,2,9,11H2,1H3,(H,33,34)/t13?,15?,19?,21-,35?/m0/s1. The third-order valence-corrected chi connectivity index (χ3v) is 7.17. The first-order valence-corrected chi connectivity index (χ1v) is 11.9. The lowest BCUT2D eigenvalue weighted by molar-refractivity contribution is -0.137. The van der Waals surface area contributed by atoms with E-state index in [1.165, 1.54) is 24.5 Å². The third kappa shape index (κ3) is 4.50. The van der Waals surface area contributed by atoms with Gasteiger partial charge in [-0.1, -0.05) is 37.1 Å². The molecule has 11 heteroatoms. The second kappa shape index (κ2) is 9.31. The minimum Gasteiger partial charge on any atom is -0.366 e. The van der Waals surface area contributed by atoms with Crippen molar-refractivity contribution in [2.24, 2.45) is 5.92 Å². The number of amides is 1. The molecule has 36 heavy (non-hydrogen) atoms. The molecule has 5 rings (SSSR count). The lowest BCUT2D eigenvalue weighted by Crippen LogP contribution is -2.32. The third-order valence-electron chi connectivity index (χ3n) is 6.88. The van der Waals surface area contributed by atoms with Gasteiger partial charge in [0.1, 0.15) is 11.6 Å². The topological polar surface area (TPSA) is 70.8 Å². The Morgan fingerprint density at radius 1 is 1.17 bits per heavy atom. The highest BCUT2D eigenvalue weighted by Crippen LogP contribution is 2.48. The van der Waals surface area contributed by atoms with Crippen LogP contribution >= 0.6 is 11.6 Å². The first-order valence-electron chi connectivity index (χ1n) is 11.6. The number of nitrogens with zero attached hydrogens (tertiary/aromatic N) is 4. The molecule has 0 radical (unpaired) electrons. The highest BCUT2D eigenvalue weighted by Gasteiger charge is 2.58. The van der Waals surface area contributed by atoms with Gasteiger partial charge in [-0.05, 0) is 37.0 Å². The molecule has 1 saturated carbocycles. The van der Waals surface area contributed by atoms with E-state index < -0.39 is 23.5 Å². The maximum atomic E-state index is 14.9. The van der Waals surface area contributed by atoms with Gasteiger partial charge in [0.2, 0.25) is 0 Å². The van der Waals surface area contributed by atoms with Gasteiger partial charge in [-0.2, -0.15) is 13.2 Å². The van der Waals surface area contributed by atoms with Crippen LogP contribution in [0.5, 0.6) is 0 Å². The van der Waals surface area contributed by atoms with E-state index in [-0.39, 0.29) is 46.3 Å². The van der Waals surface area contributed by atoms with Gasteiger partial charge in [-0.3, -0.25) is 4.79 Å². The molecule has 3 unspecified atom stereocenters. The van der Waals surface area contributed by atoms with E-state index >= 15 is 0 Å².